The van der Waals surface area contributed by atoms with Crippen LogP contribution in [0.5, 0.6) is 0 Å². The Kier molecular flexibility index (Phi) is 2.97. The van der Waals surface area contributed by atoms with E-state index in [2.05, 4.69) is 10.1 Å². The van der Waals surface area contributed by atoms with Crippen LogP contribution in [0.2, 0.25) is 0 Å². The van der Waals surface area contributed by atoms with Crippen molar-refractivity contribution >= 4 is 11.9 Å². The van der Waals surface area contributed by atoms with E-state index in [1.807, 2.05) is 0 Å². The Hall–Kier alpha value is -2.70. The Bertz CT molecular complexity index is 824. The molecule has 7 heteroatoms. The molecule has 106 valence electrons. The predicted molar refractivity (Wildman–Crippen MR) is 68.8 cm³/mol. The first-order chi connectivity index (χ1) is 9.99. The lowest BCUT2D eigenvalue weighted by molar-refractivity contribution is -0.137. The number of halogens is 3. The number of benzene rings is 1. The van der Waals surface area contributed by atoms with Crippen molar-refractivity contribution in [2.75, 3.05) is 0 Å². The lowest BCUT2D eigenvalue weighted by Gasteiger charge is -2.09. The van der Waals surface area contributed by atoms with Gasteiger partial charge in [-0.25, -0.2) is 9.50 Å². The van der Waals surface area contributed by atoms with Gasteiger partial charge in [-0.15, -0.1) is 5.10 Å². The van der Waals surface area contributed by atoms with Gasteiger partial charge >= 0.3 is 6.18 Å². The number of carbonyl (C=O) groups excluding carboxylic acids is 1. The number of aldehydes is 1. The van der Waals surface area contributed by atoms with Gasteiger partial charge in [0.15, 0.2) is 17.8 Å². The first-order valence-corrected chi connectivity index (χ1v) is 5.97. The van der Waals surface area contributed by atoms with E-state index >= 15 is 0 Å². The minimum absolute atomic E-state index is 0.0361. The molecule has 0 bridgehead atoms. The number of nitrogens with zero attached hydrogens (tertiary/aromatic N) is 3. The SMILES string of the molecule is O=Cc1ccc2nc(-c3ccccc3C(F)(F)F)nn2c1. The topological polar surface area (TPSA) is 47.3 Å². The van der Waals surface area contributed by atoms with Gasteiger partial charge in [-0.2, -0.15) is 13.2 Å². The van der Waals surface area contributed by atoms with Crippen LogP contribution < -0.4 is 0 Å². The van der Waals surface area contributed by atoms with Crippen LogP contribution in [-0.2, 0) is 6.18 Å². The van der Waals surface area contributed by atoms with Crippen LogP contribution in [0.4, 0.5) is 13.2 Å². The fourth-order valence-electron chi connectivity index (χ4n) is 2.01. The third kappa shape index (κ3) is 2.37. The molecule has 2 aromatic heterocycles. The van der Waals surface area contributed by atoms with E-state index in [0.29, 0.717) is 17.5 Å². The van der Waals surface area contributed by atoms with Crippen molar-refractivity contribution in [3.05, 3.63) is 53.7 Å². The molecule has 4 nitrogen and oxygen atoms in total. The van der Waals surface area contributed by atoms with Crippen LogP contribution in [0.1, 0.15) is 15.9 Å². The molecule has 2 heterocycles. The van der Waals surface area contributed by atoms with Gasteiger partial charge < -0.3 is 0 Å². The van der Waals surface area contributed by atoms with Crippen molar-refractivity contribution in [3.8, 4) is 11.4 Å². The molecule has 0 aliphatic rings. The normalized spacial score (nSPS) is 11.8. The second-order valence-corrected chi connectivity index (χ2v) is 4.36. The molecule has 0 saturated carbocycles. The summed E-state index contributed by atoms with van der Waals surface area (Å²) >= 11 is 0. The number of fused-ring (bicyclic) bond motifs is 1. The highest BCUT2D eigenvalue weighted by atomic mass is 19.4. The fraction of sp³-hybridized carbons (Fsp3) is 0.0714. The molecule has 0 saturated heterocycles. The second-order valence-electron chi connectivity index (χ2n) is 4.36. The van der Waals surface area contributed by atoms with Crippen LogP contribution in [-0.4, -0.2) is 20.9 Å². The van der Waals surface area contributed by atoms with Crippen LogP contribution in [0, 0.1) is 0 Å². The van der Waals surface area contributed by atoms with E-state index in [1.165, 1.54) is 41.0 Å². The number of alkyl halides is 3. The number of hydrogen-bond acceptors (Lipinski definition) is 3. The third-order valence-corrected chi connectivity index (χ3v) is 2.96. The zero-order valence-electron chi connectivity index (χ0n) is 10.5. The quantitative estimate of drug-likeness (QED) is 0.681. The summed E-state index contributed by atoms with van der Waals surface area (Å²) in [6, 6.07) is 8.16. The molecule has 0 unspecified atom stereocenters. The van der Waals surface area contributed by atoms with Gasteiger partial charge in [0.2, 0.25) is 0 Å². The highest BCUT2D eigenvalue weighted by molar-refractivity contribution is 5.75. The maximum Gasteiger partial charge on any atom is 0.417 e. The molecule has 0 atom stereocenters. The van der Waals surface area contributed by atoms with Crippen molar-refractivity contribution in [1.82, 2.24) is 14.6 Å². The van der Waals surface area contributed by atoms with Crippen molar-refractivity contribution in [2.24, 2.45) is 0 Å². The van der Waals surface area contributed by atoms with E-state index < -0.39 is 11.7 Å². The molecule has 0 radical (unpaired) electrons. The first-order valence-electron chi connectivity index (χ1n) is 5.97. The summed E-state index contributed by atoms with van der Waals surface area (Å²) in [5.41, 5.74) is -0.159. The van der Waals surface area contributed by atoms with E-state index in [0.717, 1.165) is 6.07 Å². The van der Waals surface area contributed by atoms with Gasteiger partial charge in [0.05, 0.1) is 5.56 Å². The summed E-state index contributed by atoms with van der Waals surface area (Å²) in [5.74, 6) is -0.0361. The molecule has 3 rings (SSSR count). The zero-order valence-corrected chi connectivity index (χ0v) is 10.5. The molecule has 3 aromatic rings. The fourth-order valence-corrected chi connectivity index (χ4v) is 2.01. The number of rotatable bonds is 2. The minimum atomic E-state index is -4.48. The van der Waals surface area contributed by atoms with Crippen molar-refractivity contribution in [1.29, 1.82) is 0 Å². The molecule has 1 aromatic carbocycles. The molecule has 0 aliphatic carbocycles. The van der Waals surface area contributed by atoms with Crippen LogP contribution >= 0.6 is 0 Å². The lowest BCUT2D eigenvalue weighted by Crippen LogP contribution is -2.07. The summed E-state index contributed by atoms with van der Waals surface area (Å²) in [6.07, 6.45) is -2.44. The van der Waals surface area contributed by atoms with Crippen molar-refractivity contribution < 1.29 is 18.0 Å². The Morgan fingerprint density at radius 3 is 2.57 bits per heavy atom. The third-order valence-electron chi connectivity index (χ3n) is 2.96. The maximum atomic E-state index is 13.0. The van der Waals surface area contributed by atoms with Crippen LogP contribution in [0.3, 0.4) is 0 Å². The average molecular weight is 291 g/mol. The molecular formula is C14H8F3N3O. The number of aromatic nitrogens is 3. The highest BCUT2D eigenvalue weighted by Gasteiger charge is 2.34. The molecule has 0 spiro atoms. The highest BCUT2D eigenvalue weighted by Crippen LogP contribution is 2.35. The van der Waals surface area contributed by atoms with Gasteiger partial charge in [-0.1, -0.05) is 18.2 Å². The summed E-state index contributed by atoms with van der Waals surface area (Å²) in [5, 5.41) is 4.01. The van der Waals surface area contributed by atoms with Crippen molar-refractivity contribution in [3.63, 3.8) is 0 Å². The zero-order chi connectivity index (χ0) is 15.0. The van der Waals surface area contributed by atoms with E-state index in [-0.39, 0.29) is 11.4 Å². The van der Waals surface area contributed by atoms with Gasteiger partial charge in [0.1, 0.15) is 0 Å². The van der Waals surface area contributed by atoms with E-state index in [1.54, 1.807) is 0 Å². The monoisotopic (exact) mass is 291 g/mol. The number of hydrogen-bond donors (Lipinski definition) is 0. The summed E-state index contributed by atoms with van der Waals surface area (Å²) in [4.78, 5) is 14.8. The number of carbonyl (C=O) groups is 1. The second kappa shape index (κ2) is 4.69. The van der Waals surface area contributed by atoms with Gasteiger partial charge in [-0.3, -0.25) is 4.79 Å². The Morgan fingerprint density at radius 1 is 1.10 bits per heavy atom. The van der Waals surface area contributed by atoms with Crippen molar-refractivity contribution in [2.45, 2.75) is 6.18 Å². The van der Waals surface area contributed by atoms with E-state index in [9.17, 15) is 18.0 Å². The number of pyridine rings is 1. The lowest BCUT2D eigenvalue weighted by atomic mass is 10.1. The maximum absolute atomic E-state index is 13.0. The molecular weight excluding hydrogens is 283 g/mol. The van der Waals surface area contributed by atoms with Gasteiger partial charge in [0.25, 0.3) is 0 Å². The smallest absolute Gasteiger partial charge is 0.298 e. The standard InChI is InChI=1S/C14H8F3N3O/c15-14(16,17)11-4-2-1-3-10(11)13-18-12-6-5-9(8-21)7-20(12)19-13/h1-8H. The summed E-state index contributed by atoms with van der Waals surface area (Å²) < 4.78 is 40.3. The van der Waals surface area contributed by atoms with Crippen LogP contribution in [0.25, 0.3) is 17.0 Å². The van der Waals surface area contributed by atoms with Crippen LogP contribution in [0.15, 0.2) is 42.6 Å². The summed E-state index contributed by atoms with van der Waals surface area (Å²) in [7, 11) is 0. The average Bonchev–Trinajstić information content (AvgIpc) is 2.89. The largest absolute Gasteiger partial charge is 0.417 e. The Balaban J connectivity index is 2.19. The Labute approximate surface area is 116 Å². The minimum Gasteiger partial charge on any atom is -0.298 e. The predicted octanol–water partition coefficient (Wildman–Crippen LogP) is 3.23. The first kappa shape index (κ1) is 13.3. The summed E-state index contributed by atoms with van der Waals surface area (Å²) in [6.45, 7) is 0. The van der Waals surface area contributed by atoms with Gasteiger partial charge in [0, 0.05) is 17.3 Å². The van der Waals surface area contributed by atoms with Gasteiger partial charge in [-0.05, 0) is 18.2 Å². The molecule has 21 heavy (non-hydrogen) atoms. The van der Waals surface area contributed by atoms with E-state index in [4.69, 9.17) is 0 Å². The molecule has 0 aliphatic heterocycles. The molecule has 0 N–H and O–H groups in total. The Morgan fingerprint density at radius 2 is 1.86 bits per heavy atom. The molecule has 0 fully saturated rings. The molecule has 0 amide bonds.